The number of piperidine rings is 1. The molecule has 3 heterocycles. The Bertz CT molecular complexity index is 1130. The summed E-state index contributed by atoms with van der Waals surface area (Å²) in [5, 5.41) is 15.6. The molecule has 1 aromatic carbocycles. The molecule has 0 saturated carbocycles. The Labute approximate surface area is 196 Å². The van der Waals surface area contributed by atoms with Crippen LogP contribution in [0.25, 0.3) is 4.96 Å². The van der Waals surface area contributed by atoms with Crippen LogP contribution < -0.4 is 9.47 Å². The number of aromatic nitrogens is 3. The van der Waals surface area contributed by atoms with Gasteiger partial charge in [0.1, 0.15) is 0 Å². The number of rotatable bonds is 8. The van der Waals surface area contributed by atoms with Gasteiger partial charge in [0.25, 0.3) is 0 Å². The number of thiazole rings is 1. The van der Waals surface area contributed by atoms with Crippen LogP contribution in [-0.4, -0.2) is 64.5 Å². The molecule has 1 saturated heterocycles. The molecule has 9 nitrogen and oxygen atoms in total. The van der Waals surface area contributed by atoms with E-state index in [0.717, 1.165) is 29.8 Å². The third-order valence-corrected chi connectivity index (χ3v) is 7.04. The van der Waals surface area contributed by atoms with E-state index in [4.69, 9.17) is 14.2 Å². The average molecular weight is 475 g/mol. The van der Waals surface area contributed by atoms with Crippen LogP contribution in [0.2, 0.25) is 0 Å². The highest BCUT2D eigenvalue weighted by atomic mass is 32.1. The van der Waals surface area contributed by atoms with Crippen LogP contribution in [-0.2, 0) is 16.0 Å². The summed E-state index contributed by atoms with van der Waals surface area (Å²) in [5.41, 5.74) is 0.924. The largest absolute Gasteiger partial charge is 0.493 e. The molecule has 10 heteroatoms. The van der Waals surface area contributed by atoms with Crippen LogP contribution in [0.1, 0.15) is 49.0 Å². The molecule has 0 amide bonds. The van der Waals surface area contributed by atoms with Gasteiger partial charge in [-0.2, -0.15) is 4.52 Å². The van der Waals surface area contributed by atoms with Crippen molar-refractivity contribution in [3.63, 3.8) is 0 Å². The number of aryl methyl sites for hydroxylation is 1. The maximum atomic E-state index is 12.5. The molecule has 0 radical (unpaired) electrons. The van der Waals surface area contributed by atoms with E-state index < -0.39 is 0 Å². The van der Waals surface area contributed by atoms with Gasteiger partial charge in [-0.15, -0.1) is 5.10 Å². The normalized spacial score (nSPS) is 17.8. The second-order valence-electron chi connectivity index (χ2n) is 7.97. The number of esters is 1. The summed E-state index contributed by atoms with van der Waals surface area (Å²) in [7, 11) is 3.20. The third kappa shape index (κ3) is 4.49. The van der Waals surface area contributed by atoms with Crippen molar-refractivity contribution < 1.29 is 24.1 Å². The van der Waals surface area contributed by atoms with Gasteiger partial charge in [-0.3, -0.25) is 9.69 Å². The van der Waals surface area contributed by atoms with Crippen molar-refractivity contribution in [2.45, 2.75) is 39.2 Å². The number of aromatic hydroxyl groups is 1. The summed E-state index contributed by atoms with van der Waals surface area (Å²) in [4.78, 5) is 20.6. The van der Waals surface area contributed by atoms with Gasteiger partial charge in [0.05, 0.1) is 37.7 Å². The second-order valence-corrected chi connectivity index (χ2v) is 8.98. The van der Waals surface area contributed by atoms with Crippen LogP contribution in [0.3, 0.4) is 0 Å². The molecular formula is C23H30N4O5S. The molecule has 2 unspecified atom stereocenters. The van der Waals surface area contributed by atoms with Gasteiger partial charge in [0.15, 0.2) is 17.3 Å². The second kappa shape index (κ2) is 9.96. The molecular weight excluding hydrogens is 444 g/mol. The van der Waals surface area contributed by atoms with Gasteiger partial charge >= 0.3 is 5.97 Å². The minimum atomic E-state index is -0.305. The van der Waals surface area contributed by atoms with Gasteiger partial charge in [-0.05, 0) is 44.0 Å². The Morgan fingerprint density at radius 3 is 2.73 bits per heavy atom. The minimum absolute atomic E-state index is 0.0697. The lowest BCUT2D eigenvalue weighted by Gasteiger charge is -2.37. The van der Waals surface area contributed by atoms with E-state index in [0.29, 0.717) is 41.9 Å². The van der Waals surface area contributed by atoms with Gasteiger partial charge in [0.2, 0.25) is 10.8 Å². The van der Waals surface area contributed by atoms with Crippen molar-refractivity contribution >= 4 is 22.3 Å². The molecule has 2 atom stereocenters. The fourth-order valence-electron chi connectivity index (χ4n) is 4.36. The first-order chi connectivity index (χ1) is 16.0. The van der Waals surface area contributed by atoms with Crippen LogP contribution in [0, 0.1) is 5.92 Å². The topological polar surface area (TPSA) is 98.4 Å². The molecule has 0 aliphatic carbocycles. The zero-order chi connectivity index (χ0) is 23.5. The van der Waals surface area contributed by atoms with E-state index in [9.17, 15) is 9.90 Å². The summed E-state index contributed by atoms with van der Waals surface area (Å²) in [6.45, 7) is 5.48. The Kier molecular flexibility index (Phi) is 7.04. The average Bonchev–Trinajstić information content (AvgIpc) is 3.38. The Morgan fingerprint density at radius 1 is 1.27 bits per heavy atom. The molecule has 1 fully saturated rings. The maximum absolute atomic E-state index is 12.5. The molecule has 3 aromatic rings. The standard InChI is InChI=1S/C23H30N4O5S/c1-5-18-24-23-27(25-18)21(28)20(33-23)19(14-9-10-16(30-3)17(12-14)31-4)26-11-7-8-15(13-26)22(29)32-6-2/h9-10,12,15,19,28H,5-8,11,13H2,1-4H3. The number of nitrogens with zero attached hydrogens (tertiary/aromatic N) is 4. The zero-order valence-electron chi connectivity index (χ0n) is 19.4. The zero-order valence-corrected chi connectivity index (χ0v) is 20.2. The van der Waals surface area contributed by atoms with Crippen LogP contribution in [0.15, 0.2) is 18.2 Å². The maximum Gasteiger partial charge on any atom is 0.310 e. The molecule has 1 aliphatic heterocycles. The summed E-state index contributed by atoms with van der Waals surface area (Å²) in [6, 6.07) is 5.44. The lowest BCUT2D eigenvalue weighted by molar-refractivity contribution is -0.150. The summed E-state index contributed by atoms with van der Waals surface area (Å²) < 4.78 is 17.7. The number of benzene rings is 1. The molecule has 0 spiro atoms. The predicted molar refractivity (Wildman–Crippen MR) is 124 cm³/mol. The summed E-state index contributed by atoms with van der Waals surface area (Å²) in [5.74, 6) is 1.60. The number of likely N-dealkylation sites (tertiary alicyclic amines) is 1. The van der Waals surface area contributed by atoms with Crippen molar-refractivity contribution in [3.05, 3.63) is 34.5 Å². The molecule has 178 valence electrons. The van der Waals surface area contributed by atoms with E-state index >= 15 is 0 Å². The van der Waals surface area contributed by atoms with Crippen molar-refractivity contribution in [1.29, 1.82) is 0 Å². The molecule has 4 rings (SSSR count). The quantitative estimate of drug-likeness (QED) is 0.496. The van der Waals surface area contributed by atoms with E-state index in [1.54, 1.807) is 14.2 Å². The highest BCUT2D eigenvalue weighted by molar-refractivity contribution is 7.17. The summed E-state index contributed by atoms with van der Waals surface area (Å²) >= 11 is 1.41. The number of ether oxygens (including phenoxy) is 3. The highest BCUT2D eigenvalue weighted by Crippen LogP contribution is 2.43. The first-order valence-corrected chi connectivity index (χ1v) is 12.0. The third-order valence-electron chi connectivity index (χ3n) is 5.97. The van der Waals surface area contributed by atoms with E-state index in [1.165, 1.54) is 15.9 Å². The van der Waals surface area contributed by atoms with E-state index in [2.05, 4.69) is 15.0 Å². The fourth-order valence-corrected chi connectivity index (χ4v) is 5.50. The predicted octanol–water partition coefficient (Wildman–Crippen LogP) is 3.44. The van der Waals surface area contributed by atoms with Gasteiger partial charge in [0, 0.05) is 13.0 Å². The Balaban J connectivity index is 1.78. The van der Waals surface area contributed by atoms with Crippen molar-refractivity contribution in [2.24, 2.45) is 5.92 Å². The number of fused-ring (bicyclic) bond motifs is 1. The highest BCUT2D eigenvalue weighted by Gasteiger charge is 2.35. The minimum Gasteiger partial charge on any atom is -0.493 e. The molecule has 33 heavy (non-hydrogen) atoms. The van der Waals surface area contributed by atoms with E-state index in [-0.39, 0.29) is 23.8 Å². The van der Waals surface area contributed by atoms with Gasteiger partial charge in [-0.1, -0.05) is 24.3 Å². The van der Waals surface area contributed by atoms with Crippen LogP contribution >= 0.6 is 11.3 Å². The van der Waals surface area contributed by atoms with Crippen molar-refractivity contribution in [3.8, 4) is 17.4 Å². The Hall–Kier alpha value is -2.85. The first-order valence-electron chi connectivity index (χ1n) is 11.2. The number of methoxy groups -OCH3 is 2. The molecule has 0 bridgehead atoms. The van der Waals surface area contributed by atoms with Crippen molar-refractivity contribution in [1.82, 2.24) is 19.5 Å². The van der Waals surface area contributed by atoms with Gasteiger partial charge in [-0.25, -0.2) is 4.98 Å². The van der Waals surface area contributed by atoms with Gasteiger partial charge < -0.3 is 19.3 Å². The van der Waals surface area contributed by atoms with Crippen molar-refractivity contribution in [2.75, 3.05) is 33.9 Å². The number of carbonyl (C=O) groups excluding carboxylic acids is 1. The lowest BCUT2D eigenvalue weighted by atomic mass is 9.94. The lowest BCUT2D eigenvalue weighted by Crippen LogP contribution is -2.41. The Morgan fingerprint density at radius 2 is 2.06 bits per heavy atom. The SMILES string of the molecule is CCOC(=O)C1CCCN(C(c2ccc(OC)c(OC)c2)c2sc3nc(CC)nn3c2O)C1. The monoisotopic (exact) mass is 474 g/mol. The number of hydrogen-bond acceptors (Lipinski definition) is 9. The van der Waals surface area contributed by atoms with Crippen LogP contribution in [0.5, 0.6) is 17.4 Å². The number of hydrogen-bond donors (Lipinski definition) is 1. The fraction of sp³-hybridized carbons (Fsp3) is 0.522. The van der Waals surface area contributed by atoms with E-state index in [1.807, 2.05) is 32.0 Å². The molecule has 1 aliphatic rings. The number of carbonyl (C=O) groups is 1. The van der Waals surface area contributed by atoms with Crippen LogP contribution in [0.4, 0.5) is 0 Å². The molecule has 1 N–H and O–H groups in total. The first kappa shape index (κ1) is 23.3. The smallest absolute Gasteiger partial charge is 0.310 e. The molecule has 2 aromatic heterocycles. The summed E-state index contributed by atoms with van der Waals surface area (Å²) in [6.07, 6.45) is 2.33.